The molecule has 0 bridgehead atoms. The molecule has 162 valence electrons. The van der Waals surface area contributed by atoms with Crippen LogP contribution in [0.5, 0.6) is 0 Å². The van der Waals surface area contributed by atoms with Crippen LogP contribution in [0.4, 0.5) is 0 Å². The van der Waals surface area contributed by atoms with E-state index in [1.165, 1.54) is 0 Å². The molecule has 2 amide bonds. The van der Waals surface area contributed by atoms with Gasteiger partial charge in [-0.05, 0) is 50.4 Å². The monoisotopic (exact) mass is 396 g/mol. The summed E-state index contributed by atoms with van der Waals surface area (Å²) in [5, 5.41) is 5.86. The van der Waals surface area contributed by atoms with Crippen molar-refractivity contribution in [1.29, 1.82) is 0 Å². The van der Waals surface area contributed by atoms with Crippen LogP contribution in [0.25, 0.3) is 0 Å². The molecule has 0 aromatic rings. The van der Waals surface area contributed by atoms with Gasteiger partial charge in [0.2, 0.25) is 11.8 Å². The van der Waals surface area contributed by atoms with Crippen molar-refractivity contribution in [3.05, 3.63) is 0 Å². The molecule has 1 aliphatic carbocycles. The third kappa shape index (κ3) is 11.4. The normalized spacial score (nSPS) is 19.4. The summed E-state index contributed by atoms with van der Waals surface area (Å²) >= 11 is 0. The van der Waals surface area contributed by atoms with Gasteiger partial charge >= 0.3 is 0 Å². The average Bonchev–Trinajstić information content (AvgIpc) is 2.68. The van der Waals surface area contributed by atoms with Gasteiger partial charge in [-0.15, -0.1) is 0 Å². The lowest BCUT2D eigenvalue weighted by Crippen LogP contribution is -2.32. The summed E-state index contributed by atoms with van der Waals surface area (Å²) in [6, 6.07) is 0. The maximum Gasteiger partial charge on any atom is 0.220 e. The predicted octanol–water partition coefficient (Wildman–Crippen LogP) is 3.24. The van der Waals surface area contributed by atoms with Crippen LogP contribution < -0.4 is 10.6 Å². The van der Waals surface area contributed by atoms with Crippen LogP contribution in [0.1, 0.15) is 78.6 Å². The first kappa shape index (κ1) is 24.6. The quantitative estimate of drug-likeness (QED) is 0.442. The lowest BCUT2D eigenvalue weighted by molar-refractivity contribution is -0.125. The first-order chi connectivity index (χ1) is 13.4. The van der Waals surface area contributed by atoms with E-state index in [1.54, 1.807) is 0 Å². The van der Waals surface area contributed by atoms with Gasteiger partial charge in [0, 0.05) is 51.5 Å². The molecule has 1 rings (SSSR count). The highest BCUT2D eigenvalue weighted by Crippen LogP contribution is 2.29. The van der Waals surface area contributed by atoms with Crippen molar-refractivity contribution in [1.82, 2.24) is 10.6 Å². The summed E-state index contributed by atoms with van der Waals surface area (Å²) in [5.74, 6) is 1.63. The molecule has 0 saturated heterocycles. The Morgan fingerprint density at radius 2 is 1.61 bits per heavy atom. The van der Waals surface area contributed by atoms with Crippen molar-refractivity contribution in [3.63, 3.8) is 0 Å². The van der Waals surface area contributed by atoms with E-state index in [4.69, 9.17) is 4.74 Å². The molecule has 6 nitrogen and oxygen atoms in total. The Bertz CT molecular complexity index is 471. The Morgan fingerprint density at radius 3 is 2.21 bits per heavy atom. The van der Waals surface area contributed by atoms with Gasteiger partial charge in [0.05, 0.1) is 0 Å². The van der Waals surface area contributed by atoms with Gasteiger partial charge in [-0.25, -0.2) is 0 Å². The molecule has 0 aliphatic heterocycles. The standard InChI is InChI=1S/C22H40N2O4/c1-4-20(25)19-11-9-18(10-12-19)15-24-22(27)8-5-7-21(26)23-13-6-14-28-16-17(2)3/h17-19H,4-16H2,1-3H3,(H,23,26)(H,24,27). The zero-order chi connectivity index (χ0) is 20.8. The number of rotatable bonds is 14. The number of carbonyl (C=O) groups is 3. The van der Waals surface area contributed by atoms with E-state index in [9.17, 15) is 14.4 Å². The number of amides is 2. The maximum absolute atomic E-state index is 12.0. The molecule has 0 heterocycles. The third-order valence-corrected chi connectivity index (χ3v) is 5.28. The van der Waals surface area contributed by atoms with E-state index >= 15 is 0 Å². The highest BCUT2D eigenvalue weighted by Gasteiger charge is 2.25. The molecule has 1 aliphatic rings. The van der Waals surface area contributed by atoms with Crippen molar-refractivity contribution in [3.8, 4) is 0 Å². The number of ether oxygens (including phenoxy) is 1. The summed E-state index contributed by atoms with van der Waals surface area (Å²) in [6.07, 6.45) is 6.71. The molecule has 0 unspecified atom stereocenters. The van der Waals surface area contributed by atoms with Gasteiger partial charge in [0.1, 0.15) is 5.78 Å². The second-order valence-electron chi connectivity index (χ2n) is 8.37. The molecule has 28 heavy (non-hydrogen) atoms. The first-order valence-corrected chi connectivity index (χ1v) is 11.1. The molecule has 0 atom stereocenters. The molecule has 2 N–H and O–H groups in total. The molecule has 0 aromatic carbocycles. The van der Waals surface area contributed by atoms with E-state index in [1.807, 2.05) is 6.92 Å². The lowest BCUT2D eigenvalue weighted by atomic mass is 9.79. The minimum absolute atomic E-state index is 0.00410. The average molecular weight is 397 g/mol. The summed E-state index contributed by atoms with van der Waals surface area (Å²) in [5.41, 5.74) is 0. The number of carbonyl (C=O) groups excluding carboxylic acids is 3. The number of hydrogen-bond donors (Lipinski definition) is 2. The van der Waals surface area contributed by atoms with Gasteiger partial charge in [-0.2, -0.15) is 0 Å². The van der Waals surface area contributed by atoms with Crippen molar-refractivity contribution >= 4 is 17.6 Å². The predicted molar refractivity (Wildman–Crippen MR) is 111 cm³/mol. The van der Waals surface area contributed by atoms with Crippen LogP contribution in [0.15, 0.2) is 0 Å². The second-order valence-corrected chi connectivity index (χ2v) is 8.37. The summed E-state index contributed by atoms with van der Waals surface area (Å²) in [4.78, 5) is 35.5. The molecule has 6 heteroatoms. The minimum atomic E-state index is -0.00410. The van der Waals surface area contributed by atoms with Gasteiger partial charge in [0.15, 0.2) is 0 Å². The van der Waals surface area contributed by atoms with E-state index in [-0.39, 0.29) is 17.7 Å². The topological polar surface area (TPSA) is 84.5 Å². The SMILES string of the molecule is CCC(=O)C1CCC(CNC(=O)CCCC(=O)NCCCOCC(C)C)CC1. The first-order valence-electron chi connectivity index (χ1n) is 11.1. The second kappa shape index (κ2) is 14.6. The zero-order valence-electron chi connectivity index (χ0n) is 18.1. The maximum atomic E-state index is 12.0. The van der Waals surface area contributed by atoms with Crippen molar-refractivity contribution < 1.29 is 19.1 Å². The van der Waals surface area contributed by atoms with Crippen molar-refractivity contribution in [2.75, 3.05) is 26.3 Å². The van der Waals surface area contributed by atoms with Gasteiger partial charge < -0.3 is 15.4 Å². The smallest absolute Gasteiger partial charge is 0.220 e. The fourth-order valence-corrected chi connectivity index (χ4v) is 3.54. The molecule has 0 aromatic heterocycles. The van der Waals surface area contributed by atoms with Crippen LogP contribution in [0.2, 0.25) is 0 Å². The van der Waals surface area contributed by atoms with Gasteiger partial charge in [-0.3, -0.25) is 14.4 Å². The van der Waals surface area contributed by atoms with E-state index < -0.39 is 0 Å². The fraction of sp³-hybridized carbons (Fsp3) is 0.864. The van der Waals surface area contributed by atoms with Gasteiger partial charge in [-0.1, -0.05) is 20.8 Å². The van der Waals surface area contributed by atoms with Crippen molar-refractivity contribution in [2.24, 2.45) is 17.8 Å². The van der Waals surface area contributed by atoms with Crippen LogP contribution in [-0.2, 0) is 19.1 Å². The summed E-state index contributed by atoms with van der Waals surface area (Å²) < 4.78 is 5.47. The van der Waals surface area contributed by atoms with E-state index in [2.05, 4.69) is 24.5 Å². The van der Waals surface area contributed by atoms with Crippen molar-refractivity contribution in [2.45, 2.75) is 78.6 Å². The number of ketones is 1. The van der Waals surface area contributed by atoms with Crippen LogP contribution >= 0.6 is 0 Å². The van der Waals surface area contributed by atoms with Crippen LogP contribution in [0, 0.1) is 17.8 Å². The zero-order valence-corrected chi connectivity index (χ0v) is 18.1. The fourth-order valence-electron chi connectivity index (χ4n) is 3.54. The Morgan fingerprint density at radius 1 is 0.964 bits per heavy atom. The molecular weight excluding hydrogens is 356 g/mol. The lowest BCUT2D eigenvalue weighted by Gasteiger charge is -2.27. The van der Waals surface area contributed by atoms with Gasteiger partial charge in [0.25, 0.3) is 0 Å². The number of hydrogen-bond acceptors (Lipinski definition) is 4. The molecular formula is C22H40N2O4. The van der Waals surface area contributed by atoms with E-state index in [0.29, 0.717) is 63.0 Å². The molecule has 0 radical (unpaired) electrons. The summed E-state index contributed by atoms with van der Waals surface area (Å²) in [6.45, 7) is 8.87. The van der Waals surface area contributed by atoms with E-state index in [0.717, 1.165) is 38.7 Å². The highest BCUT2D eigenvalue weighted by molar-refractivity contribution is 5.80. The minimum Gasteiger partial charge on any atom is -0.381 e. The Labute approximate surface area is 170 Å². The largest absolute Gasteiger partial charge is 0.381 e. The highest BCUT2D eigenvalue weighted by atomic mass is 16.5. The summed E-state index contributed by atoms with van der Waals surface area (Å²) in [7, 11) is 0. The number of Topliss-reactive ketones (excluding diaryl/α,β-unsaturated/α-hetero) is 1. The van der Waals surface area contributed by atoms with Crippen LogP contribution in [-0.4, -0.2) is 43.9 Å². The molecule has 0 spiro atoms. The third-order valence-electron chi connectivity index (χ3n) is 5.28. The Hall–Kier alpha value is -1.43. The Balaban J connectivity index is 1.99. The molecule has 1 fully saturated rings. The number of nitrogens with one attached hydrogen (secondary N) is 2. The Kier molecular flexibility index (Phi) is 12.8. The molecule has 1 saturated carbocycles. The van der Waals surface area contributed by atoms with Crippen LogP contribution in [0.3, 0.4) is 0 Å².